The minimum absolute atomic E-state index is 0.404. The van der Waals surface area contributed by atoms with Crippen molar-refractivity contribution in [2.45, 2.75) is 64.1 Å². The fraction of sp³-hybridized carbons (Fsp3) is 0.640. The standard InChI is InChI=1S/C25H36N4O/c1-19-25(27-18-26-19)17-28(16-24-7-4-12-30-24)15-20-8-10-29(11-9-20)23-13-21-5-2-3-6-22(21)14-23/h2-3,5-6,18,20,23-24H,4,7-17H2,1H3,(H,26,27). The molecule has 0 saturated carbocycles. The molecule has 2 aromatic rings. The van der Waals surface area contributed by atoms with Crippen molar-refractivity contribution in [1.29, 1.82) is 0 Å². The average molecular weight is 409 g/mol. The number of aromatic amines is 1. The summed E-state index contributed by atoms with van der Waals surface area (Å²) in [5.74, 6) is 0.783. The maximum Gasteiger partial charge on any atom is 0.0925 e. The molecule has 1 N–H and O–H groups in total. The number of aromatic nitrogens is 2. The molecule has 3 heterocycles. The van der Waals surface area contributed by atoms with Gasteiger partial charge in [0.15, 0.2) is 0 Å². The number of ether oxygens (including phenoxy) is 1. The Morgan fingerprint density at radius 2 is 1.87 bits per heavy atom. The summed E-state index contributed by atoms with van der Waals surface area (Å²) in [6, 6.07) is 9.75. The van der Waals surface area contributed by atoms with Crippen LogP contribution in [-0.2, 0) is 24.1 Å². The number of rotatable bonds is 7. The van der Waals surface area contributed by atoms with Gasteiger partial charge < -0.3 is 9.72 Å². The smallest absolute Gasteiger partial charge is 0.0925 e. The van der Waals surface area contributed by atoms with Crippen molar-refractivity contribution < 1.29 is 4.74 Å². The normalized spacial score (nSPS) is 23.5. The number of hydrogen-bond donors (Lipinski definition) is 1. The summed E-state index contributed by atoms with van der Waals surface area (Å²) in [5.41, 5.74) is 5.53. The highest BCUT2D eigenvalue weighted by atomic mass is 16.5. The van der Waals surface area contributed by atoms with Crippen molar-refractivity contribution >= 4 is 0 Å². The van der Waals surface area contributed by atoms with Crippen molar-refractivity contribution in [3.8, 4) is 0 Å². The third-order valence-electron chi connectivity index (χ3n) is 7.50. The van der Waals surface area contributed by atoms with E-state index in [-0.39, 0.29) is 0 Å². The molecular weight excluding hydrogens is 372 g/mol. The quantitative estimate of drug-likeness (QED) is 0.761. The van der Waals surface area contributed by atoms with Gasteiger partial charge >= 0.3 is 0 Å². The Bertz CT molecular complexity index is 795. The highest BCUT2D eigenvalue weighted by Crippen LogP contribution is 2.29. The summed E-state index contributed by atoms with van der Waals surface area (Å²) >= 11 is 0. The second-order valence-electron chi connectivity index (χ2n) is 9.61. The first-order chi connectivity index (χ1) is 14.7. The van der Waals surface area contributed by atoms with Gasteiger partial charge in [-0.1, -0.05) is 24.3 Å². The molecule has 1 aromatic heterocycles. The van der Waals surface area contributed by atoms with Gasteiger partial charge in [0, 0.05) is 38.0 Å². The Hall–Kier alpha value is -1.69. The van der Waals surface area contributed by atoms with Crippen LogP contribution in [0.4, 0.5) is 0 Å². The fourth-order valence-electron chi connectivity index (χ4n) is 5.70. The fourth-order valence-corrected chi connectivity index (χ4v) is 5.70. The first-order valence-corrected chi connectivity index (χ1v) is 11.9. The number of H-pyrrole nitrogens is 1. The van der Waals surface area contributed by atoms with Crippen LogP contribution in [-0.4, -0.2) is 64.7 Å². The Morgan fingerprint density at radius 1 is 1.10 bits per heavy atom. The van der Waals surface area contributed by atoms with Crippen LogP contribution in [0.5, 0.6) is 0 Å². The molecule has 0 bridgehead atoms. The Balaban J connectivity index is 1.15. The maximum atomic E-state index is 5.96. The van der Waals surface area contributed by atoms with Crippen LogP contribution >= 0.6 is 0 Å². The van der Waals surface area contributed by atoms with Crippen LogP contribution in [0.25, 0.3) is 0 Å². The highest BCUT2D eigenvalue weighted by Gasteiger charge is 2.31. The number of likely N-dealkylation sites (tertiary alicyclic amines) is 1. The minimum atomic E-state index is 0.404. The predicted molar refractivity (Wildman–Crippen MR) is 120 cm³/mol. The first-order valence-electron chi connectivity index (χ1n) is 11.9. The van der Waals surface area contributed by atoms with Gasteiger partial charge in [-0.05, 0) is 75.6 Å². The Labute approximate surface area is 180 Å². The molecule has 5 rings (SSSR count). The van der Waals surface area contributed by atoms with E-state index in [2.05, 4.69) is 51.0 Å². The molecule has 1 unspecified atom stereocenters. The van der Waals surface area contributed by atoms with Crippen LogP contribution in [0.15, 0.2) is 30.6 Å². The van der Waals surface area contributed by atoms with E-state index in [1.807, 2.05) is 6.33 Å². The van der Waals surface area contributed by atoms with E-state index in [0.29, 0.717) is 6.10 Å². The van der Waals surface area contributed by atoms with Crippen molar-refractivity contribution in [3.63, 3.8) is 0 Å². The molecule has 1 aliphatic carbocycles. The number of benzene rings is 1. The van der Waals surface area contributed by atoms with E-state index in [1.54, 1.807) is 11.1 Å². The van der Waals surface area contributed by atoms with Gasteiger partial charge in [0.05, 0.1) is 18.1 Å². The molecule has 1 atom stereocenters. The molecule has 2 fully saturated rings. The molecular formula is C25H36N4O. The van der Waals surface area contributed by atoms with Gasteiger partial charge in [0.1, 0.15) is 0 Å². The lowest BCUT2D eigenvalue weighted by molar-refractivity contribution is 0.0537. The third-order valence-corrected chi connectivity index (χ3v) is 7.50. The third kappa shape index (κ3) is 4.63. The van der Waals surface area contributed by atoms with Crippen LogP contribution in [0.3, 0.4) is 0 Å². The van der Waals surface area contributed by atoms with E-state index in [4.69, 9.17) is 4.74 Å². The highest BCUT2D eigenvalue weighted by molar-refractivity contribution is 5.33. The number of piperidine rings is 1. The zero-order valence-electron chi connectivity index (χ0n) is 18.4. The second-order valence-corrected chi connectivity index (χ2v) is 9.61. The zero-order valence-corrected chi connectivity index (χ0v) is 18.4. The van der Waals surface area contributed by atoms with Crippen molar-refractivity contribution in [1.82, 2.24) is 19.8 Å². The van der Waals surface area contributed by atoms with Gasteiger partial charge in [0.2, 0.25) is 0 Å². The lowest BCUT2D eigenvalue weighted by atomic mass is 9.94. The molecule has 0 radical (unpaired) electrons. The number of imidazole rings is 1. The summed E-state index contributed by atoms with van der Waals surface area (Å²) < 4.78 is 5.96. The number of hydrogen-bond acceptors (Lipinski definition) is 4. The lowest BCUT2D eigenvalue weighted by Crippen LogP contribution is -2.44. The second kappa shape index (κ2) is 9.21. The molecule has 5 heteroatoms. The summed E-state index contributed by atoms with van der Waals surface area (Å²) in [6.07, 6.45) is 9.75. The van der Waals surface area contributed by atoms with E-state index in [0.717, 1.165) is 31.7 Å². The van der Waals surface area contributed by atoms with Crippen molar-refractivity contribution in [2.24, 2.45) is 5.92 Å². The number of nitrogens with zero attached hydrogens (tertiary/aromatic N) is 3. The number of fused-ring (bicyclic) bond motifs is 1. The molecule has 0 amide bonds. The van der Waals surface area contributed by atoms with Crippen molar-refractivity contribution in [3.05, 3.63) is 53.1 Å². The molecule has 2 aliphatic heterocycles. The van der Waals surface area contributed by atoms with E-state index >= 15 is 0 Å². The molecule has 0 spiro atoms. The Morgan fingerprint density at radius 3 is 2.50 bits per heavy atom. The molecule has 1 aromatic carbocycles. The summed E-state index contributed by atoms with van der Waals surface area (Å²) in [7, 11) is 0. The van der Waals surface area contributed by atoms with Gasteiger partial charge in [-0.3, -0.25) is 9.80 Å². The van der Waals surface area contributed by atoms with Crippen LogP contribution in [0.1, 0.15) is 48.2 Å². The van der Waals surface area contributed by atoms with E-state index in [1.165, 1.54) is 69.5 Å². The molecule has 30 heavy (non-hydrogen) atoms. The largest absolute Gasteiger partial charge is 0.377 e. The van der Waals surface area contributed by atoms with E-state index in [9.17, 15) is 0 Å². The van der Waals surface area contributed by atoms with Gasteiger partial charge in [-0.25, -0.2) is 4.98 Å². The molecule has 3 aliphatic rings. The van der Waals surface area contributed by atoms with Crippen LogP contribution < -0.4 is 0 Å². The van der Waals surface area contributed by atoms with Gasteiger partial charge in [-0.2, -0.15) is 0 Å². The van der Waals surface area contributed by atoms with Gasteiger partial charge in [0.25, 0.3) is 0 Å². The predicted octanol–water partition coefficient (Wildman–Crippen LogP) is 3.58. The summed E-state index contributed by atoms with van der Waals surface area (Å²) in [4.78, 5) is 13.2. The van der Waals surface area contributed by atoms with Crippen LogP contribution in [0.2, 0.25) is 0 Å². The van der Waals surface area contributed by atoms with Crippen molar-refractivity contribution in [2.75, 3.05) is 32.8 Å². The Kier molecular flexibility index (Phi) is 6.21. The van der Waals surface area contributed by atoms with Crippen LogP contribution in [0, 0.1) is 12.8 Å². The molecule has 2 saturated heterocycles. The van der Waals surface area contributed by atoms with E-state index < -0.39 is 0 Å². The summed E-state index contributed by atoms with van der Waals surface area (Å²) in [5, 5.41) is 0. The summed E-state index contributed by atoms with van der Waals surface area (Å²) in [6.45, 7) is 8.71. The maximum absolute atomic E-state index is 5.96. The monoisotopic (exact) mass is 408 g/mol. The van der Waals surface area contributed by atoms with Gasteiger partial charge in [-0.15, -0.1) is 0 Å². The minimum Gasteiger partial charge on any atom is -0.377 e. The zero-order chi connectivity index (χ0) is 20.3. The average Bonchev–Trinajstić information content (AvgIpc) is 3.50. The number of aryl methyl sites for hydroxylation is 1. The topological polar surface area (TPSA) is 44.4 Å². The number of nitrogens with one attached hydrogen (secondary N) is 1. The molecule has 5 nitrogen and oxygen atoms in total. The molecule has 162 valence electrons. The lowest BCUT2D eigenvalue weighted by Gasteiger charge is -2.38. The first kappa shape index (κ1) is 20.2. The SMILES string of the molecule is Cc1[nH]cnc1CN(CC1CCN(C2Cc3ccccc3C2)CC1)CC1CCCO1.